The Morgan fingerprint density at radius 1 is 1.07 bits per heavy atom. The number of benzene rings is 1. The first-order valence-corrected chi connectivity index (χ1v) is 11.3. The summed E-state index contributed by atoms with van der Waals surface area (Å²) < 4.78 is 0. The highest BCUT2D eigenvalue weighted by atomic mass is 32.1. The van der Waals surface area contributed by atoms with Crippen LogP contribution in [-0.4, -0.2) is 38.1 Å². The van der Waals surface area contributed by atoms with Crippen LogP contribution < -0.4 is 15.1 Å². The molecule has 1 aromatic heterocycles. The molecule has 1 saturated heterocycles. The molecular weight excluding hydrogens is 366 g/mol. The van der Waals surface area contributed by atoms with Gasteiger partial charge in [-0.1, -0.05) is 57.2 Å². The normalized spacial score (nSPS) is 22.4. The molecule has 3 N–H and O–H groups in total. The fourth-order valence-corrected chi connectivity index (χ4v) is 5.06. The molecule has 28 heavy (non-hydrogen) atoms. The van der Waals surface area contributed by atoms with Crippen molar-refractivity contribution in [3.05, 3.63) is 58.3 Å². The molecule has 2 atom stereocenters. The van der Waals surface area contributed by atoms with Crippen LogP contribution in [-0.2, 0) is 11.3 Å². The lowest BCUT2D eigenvalue weighted by atomic mass is 9.94. The number of amides is 1. The molecule has 2 heterocycles. The molecule has 1 aliphatic heterocycles. The molecule has 5 heteroatoms. The van der Waals surface area contributed by atoms with Gasteiger partial charge in [-0.25, -0.2) is 0 Å². The van der Waals surface area contributed by atoms with Crippen molar-refractivity contribution in [2.75, 3.05) is 26.2 Å². The van der Waals surface area contributed by atoms with Gasteiger partial charge >= 0.3 is 0 Å². The summed E-state index contributed by atoms with van der Waals surface area (Å²) in [6, 6.07) is 15.6. The standard InChI is InChI=1S/C23H33N3OS/c1-18(24-22(27)23(2,3)4)21(20-11-8-16-28-20)26-14-12-25(13-15-26)17-19-9-6-5-7-10-19/h5-11,16,18,21H,12-15,17H2,1-4H3,(H,24,27)/p+2/t18-,21-/m1/s1. The number of piperazine rings is 1. The number of nitrogens with one attached hydrogen (secondary N) is 3. The first-order chi connectivity index (χ1) is 13.3. The third kappa shape index (κ3) is 5.43. The number of hydrogen-bond donors (Lipinski definition) is 3. The first kappa shape index (κ1) is 21.0. The van der Waals surface area contributed by atoms with E-state index in [9.17, 15) is 4.79 Å². The number of hydrogen-bond acceptors (Lipinski definition) is 2. The number of quaternary nitrogens is 2. The summed E-state index contributed by atoms with van der Waals surface area (Å²) in [5, 5.41) is 5.45. The molecule has 4 nitrogen and oxygen atoms in total. The molecule has 1 aliphatic rings. The minimum atomic E-state index is -0.359. The number of rotatable bonds is 6. The van der Waals surface area contributed by atoms with Crippen LogP contribution in [0, 0.1) is 5.41 Å². The summed E-state index contributed by atoms with van der Waals surface area (Å²) in [5.41, 5.74) is 1.06. The molecule has 1 amide bonds. The van der Waals surface area contributed by atoms with Gasteiger partial charge in [-0.15, -0.1) is 11.3 Å². The largest absolute Gasteiger partial charge is 0.347 e. The average Bonchev–Trinajstić information content (AvgIpc) is 3.17. The Labute approximate surface area is 173 Å². The van der Waals surface area contributed by atoms with Crippen LogP contribution in [0.2, 0.25) is 0 Å². The van der Waals surface area contributed by atoms with E-state index in [4.69, 9.17) is 0 Å². The van der Waals surface area contributed by atoms with E-state index in [1.54, 1.807) is 9.80 Å². The Hall–Kier alpha value is -1.69. The first-order valence-electron chi connectivity index (χ1n) is 10.4. The quantitative estimate of drug-likeness (QED) is 0.671. The predicted molar refractivity (Wildman–Crippen MR) is 116 cm³/mol. The monoisotopic (exact) mass is 401 g/mol. The van der Waals surface area contributed by atoms with Crippen molar-refractivity contribution in [2.45, 2.75) is 46.3 Å². The maximum absolute atomic E-state index is 12.6. The number of carbonyl (C=O) groups is 1. The van der Waals surface area contributed by atoms with Gasteiger partial charge in [-0.05, 0) is 18.4 Å². The highest BCUT2D eigenvalue weighted by molar-refractivity contribution is 7.10. The van der Waals surface area contributed by atoms with Crippen LogP contribution in [0.1, 0.15) is 44.2 Å². The number of thiophene rings is 1. The third-order valence-corrected chi connectivity index (χ3v) is 6.68. The minimum absolute atomic E-state index is 0.121. The van der Waals surface area contributed by atoms with Gasteiger partial charge in [-0.2, -0.15) is 0 Å². The Bertz CT molecular complexity index is 731. The van der Waals surface area contributed by atoms with Gasteiger partial charge in [0.2, 0.25) is 5.91 Å². The van der Waals surface area contributed by atoms with Crippen LogP contribution in [0.15, 0.2) is 47.8 Å². The van der Waals surface area contributed by atoms with E-state index >= 15 is 0 Å². The van der Waals surface area contributed by atoms with Crippen molar-refractivity contribution >= 4 is 17.2 Å². The zero-order valence-electron chi connectivity index (χ0n) is 17.6. The molecule has 0 saturated carbocycles. The summed E-state index contributed by atoms with van der Waals surface area (Å²) in [7, 11) is 0. The van der Waals surface area contributed by atoms with E-state index < -0.39 is 0 Å². The summed E-state index contributed by atoms with van der Waals surface area (Å²) in [6.07, 6.45) is 0. The van der Waals surface area contributed by atoms with Gasteiger partial charge in [0.1, 0.15) is 38.8 Å². The lowest BCUT2D eigenvalue weighted by molar-refractivity contribution is -1.03. The van der Waals surface area contributed by atoms with Crippen molar-refractivity contribution in [3.8, 4) is 0 Å². The fourth-order valence-electron chi connectivity index (χ4n) is 4.07. The second kappa shape index (κ2) is 9.21. The Morgan fingerprint density at radius 3 is 2.32 bits per heavy atom. The minimum Gasteiger partial charge on any atom is -0.347 e. The molecule has 2 aromatic rings. The third-order valence-electron chi connectivity index (χ3n) is 5.73. The Morgan fingerprint density at radius 2 is 1.75 bits per heavy atom. The maximum atomic E-state index is 12.6. The smallest absolute Gasteiger partial charge is 0.225 e. The van der Waals surface area contributed by atoms with Crippen molar-refractivity contribution in [1.29, 1.82) is 0 Å². The molecule has 152 valence electrons. The summed E-state index contributed by atoms with van der Waals surface area (Å²) in [5.74, 6) is 0.134. The van der Waals surface area contributed by atoms with E-state index in [-0.39, 0.29) is 17.4 Å². The van der Waals surface area contributed by atoms with Gasteiger partial charge in [0.05, 0.1) is 10.9 Å². The van der Waals surface area contributed by atoms with Gasteiger partial charge in [0.15, 0.2) is 0 Å². The molecule has 0 aliphatic carbocycles. The molecule has 0 unspecified atom stereocenters. The van der Waals surface area contributed by atoms with Crippen LogP contribution >= 0.6 is 11.3 Å². The lowest BCUT2D eigenvalue weighted by Gasteiger charge is -2.37. The second-order valence-corrected chi connectivity index (χ2v) is 10.1. The molecule has 1 fully saturated rings. The molecule has 0 radical (unpaired) electrons. The fraction of sp³-hybridized carbons (Fsp3) is 0.522. The van der Waals surface area contributed by atoms with Crippen molar-refractivity contribution in [3.63, 3.8) is 0 Å². The van der Waals surface area contributed by atoms with E-state index in [2.05, 4.69) is 60.1 Å². The van der Waals surface area contributed by atoms with Gasteiger partial charge in [0, 0.05) is 11.0 Å². The number of carbonyl (C=O) groups excluding carboxylic acids is 1. The zero-order valence-corrected chi connectivity index (χ0v) is 18.4. The van der Waals surface area contributed by atoms with E-state index in [1.165, 1.54) is 23.5 Å². The SMILES string of the molecule is C[C@@H](NC(=O)C(C)(C)C)[C@H](c1cccs1)[NH+]1CC[NH+](Cc2ccccc2)CC1. The van der Waals surface area contributed by atoms with Gasteiger partial charge < -0.3 is 15.1 Å². The van der Waals surface area contributed by atoms with Crippen LogP contribution in [0.4, 0.5) is 0 Å². The second-order valence-electron chi connectivity index (χ2n) is 9.08. The zero-order chi connectivity index (χ0) is 20.1. The molecule has 0 spiro atoms. The van der Waals surface area contributed by atoms with Gasteiger partial charge in [-0.3, -0.25) is 4.79 Å². The van der Waals surface area contributed by atoms with Crippen molar-refractivity contribution in [1.82, 2.24) is 5.32 Å². The van der Waals surface area contributed by atoms with Crippen LogP contribution in [0.3, 0.4) is 0 Å². The van der Waals surface area contributed by atoms with Gasteiger partial charge in [0.25, 0.3) is 0 Å². The van der Waals surface area contributed by atoms with Crippen molar-refractivity contribution < 1.29 is 14.6 Å². The topological polar surface area (TPSA) is 38.0 Å². The predicted octanol–water partition coefficient (Wildman–Crippen LogP) is 1.32. The highest BCUT2D eigenvalue weighted by Gasteiger charge is 2.36. The Balaban J connectivity index is 1.64. The average molecular weight is 402 g/mol. The lowest BCUT2D eigenvalue weighted by Crippen LogP contribution is -3.28. The van der Waals surface area contributed by atoms with Crippen LogP contribution in [0.25, 0.3) is 0 Å². The Kier molecular flexibility index (Phi) is 6.91. The van der Waals surface area contributed by atoms with Crippen LogP contribution in [0.5, 0.6) is 0 Å². The maximum Gasteiger partial charge on any atom is 0.225 e. The van der Waals surface area contributed by atoms with E-state index in [0.29, 0.717) is 6.04 Å². The molecule has 3 rings (SSSR count). The highest BCUT2D eigenvalue weighted by Crippen LogP contribution is 2.21. The molecule has 0 bridgehead atoms. The summed E-state index contributed by atoms with van der Waals surface area (Å²) >= 11 is 1.81. The van der Waals surface area contributed by atoms with E-state index in [1.807, 2.05) is 32.1 Å². The molecular formula is C23H35N3OS+2. The molecule has 1 aromatic carbocycles. The van der Waals surface area contributed by atoms with Crippen molar-refractivity contribution in [2.24, 2.45) is 5.41 Å². The van der Waals surface area contributed by atoms with E-state index in [0.717, 1.165) is 19.6 Å². The summed E-state index contributed by atoms with van der Waals surface area (Å²) in [4.78, 5) is 17.2. The summed E-state index contributed by atoms with van der Waals surface area (Å²) in [6.45, 7) is 13.8.